The second-order valence-electron chi connectivity index (χ2n) is 14.9. The minimum Gasteiger partial charge on any atom is -0.310 e. The molecular weight excluding hydrogens is 701 g/mol. The van der Waals surface area contributed by atoms with Crippen LogP contribution in [0, 0.1) is 0 Å². The lowest BCUT2D eigenvalue weighted by atomic mass is 9.92. The van der Waals surface area contributed by atoms with Gasteiger partial charge in [0.25, 0.3) is 0 Å². The van der Waals surface area contributed by atoms with Crippen LogP contribution < -0.4 is 4.90 Å². The normalized spacial score (nSPS) is 11.4. The lowest BCUT2D eigenvalue weighted by Crippen LogP contribution is -2.10. The molecule has 0 spiro atoms. The third-order valence-electron chi connectivity index (χ3n) is 11.5. The zero-order valence-electron chi connectivity index (χ0n) is 31.8. The maximum atomic E-state index is 2.51. The van der Waals surface area contributed by atoms with Crippen molar-refractivity contribution >= 4 is 60.3 Å². The highest BCUT2D eigenvalue weighted by atomic mass is 15.1. The standard InChI is InChI=1S/C56H38N2/c1-4-19-42(20-5-1)54-52-38-51(41-32-34-46(35-33-41)57(45-25-8-3-9-26-45)53-30-16-24-40-18-12-13-27-48(40)53)49-28-14-15-29-50(49)56(52)58(55(54)43-21-6-2-7-22-43)47-36-31-39-17-10-11-23-44(39)37-47/h1-38H. The molecule has 0 bridgehead atoms. The molecule has 0 saturated heterocycles. The van der Waals surface area contributed by atoms with E-state index in [1.165, 1.54) is 76.7 Å². The van der Waals surface area contributed by atoms with Crippen molar-refractivity contribution in [3.63, 3.8) is 0 Å². The summed E-state index contributed by atoms with van der Waals surface area (Å²) in [6.45, 7) is 0. The van der Waals surface area contributed by atoms with Gasteiger partial charge in [-0.25, -0.2) is 0 Å². The Morgan fingerprint density at radius 3 is 1.64 bits per heavy atom. The van der Waals surface area contributed by atoms with Crippen molar-refractivity contribution in [2.24, 2.45) is 0 Å². The first-order valence-electron chi connectivity index (χ1n) is 19.9. The van der Waals surface area contributed by atoms with E-state index in [4.69, 9.17) is 0 Å². The molecule has 0 aliphatic heterocycles. The van der Waals surface area contributed by atoms with Gasteiger partial charge in [-0.2, -0.15) is 0 Å². The van der Waals surface area contributed by atoms with Crippen LogP contribution in [0.3, 0.4) is 0 Å². The van der Waals surface area contributed by atoms with Gasteiger partial charge in [0.15, 0.2) is 0 Å². The van der Waals surface area contributed by atoms with E-state index in [0.717, 1.165) is 22.7 Å². The molecule has 0 aliphatic rings. The highest BCUT2D eigenvalue weighted by Crippen LogP contribution is 2.48. The highest BCUT2D eigenvalue weighted by molar-refractivity contribution is 6.20. The fourth-order valence-electron chi connectivity index (χ4n) is 8.92. The molecule has 0 fully saturated rings. The van der Waals surface area contributed by atoms with Crippen molar-refractivity contribution < 1.29 is 0 Å². The van der Waals surface area contributed by atoms with E-state index in [2.05, 4.69) is 240 Å². The summed E-state index contributed by atoms with van der Waals surface area (Å²) in [5.41, 5.74) is 12.9. The van der Waals surface area contributed by atoms with Crippen molar-refractivity contribution in [3.05, 3.63) is 231 Å². The molecule has 0 aliphatic carbocycles. The number of para-hydroxylation sites is 1. The average molecular weight is 739 g/mol. The quantitative estimate of drug-likeness (QED) is 0.158. The molecule has 0 saturated carbocycles. The van der Waals surface area contributed by atoms with Crippen LogP contribution in [0.5, 0.6) is 0 Å². The summed E-state index contributed by atoms with van der Waals surface area (Å²) in [4.78, 5) is 2.37. The van der Waals surface area contributed by atoms with Gasteiger partial charge >= 0.3 is 0 Å². The summed E-state index contributed by atoms with van der Waals surface area (Å²) < 4.78 is 2.51. The van der Waals surface area contributed by atoms with Crippen LogP contribution in [-0.2, 0) is 0 Å². The SMILES string of the molecule is c1ccc(-c2c(-c3ccccc3)n(-c3ccc4ccccc4c3)c3c2cc(-c2ccc(N(c4ccccc4)c4cccc5ccccc45)cc2)c2ccccc23)cc1. The first-order valence-corrected chi connectivity index (χ1v) is 19.9. The fraction of sp³-hybridized carbons (Fsp3) is 0. The van der Waals surface area contributed by atoms with Crippen LogP contribution in [-0.4, -0.2) is 4.57 Å². The van der Waals surface area contributed by atoms with Crippen molar-refractivity contribution in [1.29, 1.82) is 0 Å². The van der Waals surface area contributed by atoms with Gasteiger partial charge in [-0.05, 0) is 92.3 Å². The summed E-state index contributed by atoms with van der Waals surface area (Å²) in [5.74, 6) is 0. The van der Waals surface area contributed by atoms with Crippen molar-refractivity contribution in [3.8, 4) is 39.2 Å². The third-order valence-corrected chi connectivity index (χ3v) is 11.5. The predicted octanol–water partition coefficient (Wildman–Crippen LogP) is 15.6. The topological polar surface area (TPSA) is 8.17 Å². The third kappa shape index (κ3) is 5.66. The molecule has 0 N–H and O–H groups in total. The molecule has 0 atom stereocenters. The summed E-state index contributed by atoms with van der Waals surface area (Å²) in [5, 5.41) is 8.54. The Labute approximate surface area is 338 Å². The van der Waals surface area contributed by atoms with Gasteiger partial charge in [-0.3, -0.25) is 0 Å². The highest BCUT2D eigenvalue weighted by Gasteiger charge is 2.25. The Hall–Kier alpha value is -7.68. The van der Waals surface area contributed by atoms with E-state index in [0.29, 0.717) is 0 Å². The molecule has 0 radical (unpaired) electrons. The molecule has 58 heavy (non-hydrogen) atoms. The molecule has 11 aromatic rings. The Balaban J connectivity index is 1.17. The van der Waals surface area contributed by atoms with Crippen LogP contribution in [0.15, 0.2) is 231 Å². The molecular formula is C56H38N2. The molecule has 2 nitrogen and oxygen atoms in total. The van der Waals surface area contributed by atoms with Gasteiger partial charge in [0.2, 0.25) is 0 Å². The lowest BCUT2D eigenvalue weighted by Gasteiger charge is -2.27. The smallest absolute Gasteiger partial charge is 0.0620 e. The van der Waals surface area contributed by atoms with E-state index in [-0.39, 0.29) is 0 Å². The van der Waals surface area contributed by atoms with E-state index >= 15 is 0 Å². The van der Waals surface area contributed by atoms with Gasteiger partial charge in [-0.15, -0.1) is 0 Å². The van der Waals surface area contributed by atoms with Gasteiger partial charge in [-0.1, -0.05) is 182 Å². The molecule has 0 amide bonds. The largest absolute Gasteiger partial charge is 0.310 e. The van der Waals surface area contributed by atoms with Gasteiger partial charge in [0.05, 0.1) is 16.9 Å². The number of anilines is 3. The zero-order valence-corrected chi connectivity index (χ0v) is 31.8. The number of hydrogen-bond donors (Lipinski definition) is 0. The number of aromatic nitrogens is 1. The summed E-state index contributed by atoms with van der Waals surface area (Å²) in [6, 6.07) is 83.7. The maximum absolute atomic E-state index is 2.51. The fourth-order valence-corrected chi connectivity index (χ4v) is 8.92. The molecule has 0 unspecified atom stereocenters. The molecule has 2 heteroatoms. The number of benzene rings is 10. The van der Waals surface area contributed by atoms with Crippen LogP contribution in [0.2, 0.25) is 0 Å². The summed E-state index contributed by atoms with van der Waals surface area (Å²) in [7, 11) is 0. The van der Waals surface area contributed by atoms with Gasteiger partial charge in [0, 0.05) is 38.8 Å². The second kappa shape index (κ2) is 14.1. The zero-order chi connectivity index (χ0) is 38.4. The van der Waals surface area contributed by atoms with E-state index < -0.39 is 0 Å². The first-order chi connectivity index (χ1) is 28.8. The minimum atomic E-state index is 1.11. The van der Waals surface area contributed by atoms with Crippen molar-refractivity contribution in [2.45, 2.75) is 0 Å². The van der Waals surface area contributed by atoms with Crippen LogP contribution in [0.1, 0.15) is 0 Å². The van der Waals surface area contributed by atoms with Crippen molar-refractivity contribution in [2.75, 3.05) is 4.90 Å². The Morgan fingerprint density at radius 1 is 0.328 bits per heavy atom. The Morgan fingerprint density at radius 2 is 0.897 bits per heavy atom. The average Bonchev–Trinajstić information content (AvgIpc) is 3.65. The Kier molecular flexibility index (Phi) is 8.19. The van der Waals surface area contributed by atoms with Crippen LogP contribution in [0.4, 0.5) is 17.1 Å². The molecule has 1 aromatic heterocycles. The number of hydrogen-bond acceptors (Lipinski definition) is 1. The molecule has 1 heterocycles. The number of fused-ring (bicyclic) bond motifs is 5. The summed E-state index contributed by atoms with van der Waals surface area (Å²) in [6.07, 6.45) is 0. The van der Waals surface area contributed by atoms with E-state index in [1.54, 1.807) is 0 Å². The van der Waals surface area contributed by atoms with E-state index in [1.807, 2.05) is 0 Å². The Bertz CT molecular complexity index is 3250. The molecule has 10 aromatic carbocycles. The van der Waals surface area contributed by atoms with Gasteiger partial charge < -0.3 is 9.47 Å². The maximum Gasteiger partial charge on any atom is 0.0620 e. The first kappa shape index (κ1) is 33.6. The van der Waals surface area contributed by atoms with Gasteiger partial charge in [0.1, 0.15) is 0 Å². The summed E-state index contributed by atoms with van der Waals surface area (Å²) >= 11 is 0. The number of rotatable bonds is 7. The molecule has 272 valence electrons. The second-order valence-corrected chi connectivity index (χ2v) is 14.9. The number of nitrogens with zero attached hydrogens (tertiary/aromatic N) is 2. The predicted molar refractivity (Wildman–Crippen MR) is 247 cm³/mol. The molecule has 11 rings (SSSR count). The monoisotopic (exact) mass is 738 g/mol. The van der Waals surface area contributed by atoms with E-state index in [9.17, 15) is 0 Å². The van der Waals surface area contributed by atoms with Crippen LogP contribution >= 0.6 is 0 Å². The van der Waals surface area contributed by atoms with Crippen LogP contribution in [0.25, 0.3) is 82.4 Å². The lowest BCUT2D eigenvalue weighted by molar-refractivity contribution is 1.14. The van der Waals surface area contributed by atoms with Crippen molar-refractivity contribution in [1.82, 2.24) is 4.57 Å². The minimum absolute atomic E-state index is 1.11.